The minimum Gasteiger partial charge on any atom is -0.488 e. The molecule has 37 heavy (non-hydrogen) atoms. The minimum atomic E-state index is -0.288. The van der Waals surface area contributed by atoms with Crippen LogP contribution in [0.4, 0.5) is 11.6 Å². The number of benzene rings is 3. The van der Waals surface area contributed by atoms with Gasteiger partial charge in [-0.2, -0.15) is 5.10 Å². The number of aromatic nitrogens is 3. The molecule has 1 amide bonds. The Morgan fingerprint density at radius 1 is 1.14 bits per heavy atom. The van der Waals surface area contributed by atoms with Crippen LogP contribution >= 0.6 is 50.9 Å². The molecule has 9 nitrogen and oxygen atoms in total. The molecule has 13 heteroatoms. The van der Waals surface area contributed by atoms with Crippen LogP contribution in [0.25, 0.3) is 0 Å². The molecular weight excluding hydrogens is 601 g/mol. The number of thioether (sulfide) groups is 1. The van der Waals surface area contributed by atoms with Crippen LogP contribution in [0.2, 0.25) is 10.0 Å². The first kappa shape index (κ1) is 26.8. The summed E-state index contributed by atoms with van der Waals surface area (Å²) in [6.07, 6.45) is 1.60. The maximum Gasteiger partial charge on any atom is 0.264 e. The number of carbonyl (C=O) groups excluding carboxylic acids is 1. The molecule has 1 aromatic heterocycles. The Kier molecular flexibility index (Phi) is 9.29. The number of para-hydroxylation sites is 1. The zero-order valence-electron chi connectivity index (χ0n) is 19.1. The highest BCUT2D eigenvalue weighted by Gasteiger charge is 2.13. The molecule has 4 N–H and O–H groups in total. The third-order valence-electron chi connectivity index (χ3n) is 4.77. The Bertz CT molecular complexity index is 1430. The molecule has 190 valence electrons. The molecule has 0 unspecified atom stereocenters. The second-order valence-corrected chi connectivity index (χ2v) is 10.2. The average molecular weight is 621 g/mol. The number of nitrogens with zero attached hydrogens (tertiary/aromatic N) is 4. The van der Waals surface area contributed by atoms with Crippen molar-refractivity contribution in [1.82, 2.24) is 14.9 Å². The minimum absolute atomic E-state index is 0.0419. The molecule has 0 fully saturated rings. The molecule has 0 aliphatic rings. The van der Waals surface area contributed by atoms with E-state index in [1.165, 1.54) is 4.68 Å². The quantitative estimate of drug-likeness (QED) is 0.0885. The van der Waals surface area contributed by atoms with Gasteiger partial charge in [0.15, 0.2) is 0 Å². The molecule has 0 saturated heterocycles. The molecule has 0 aliphatic carbocycles. The zero-order chi connectivity index (χ0) is 26.2. The van der Waals surface area contributed by atoms with E-state index in [-0.39, 0.29) is 17.6 Å². The third kappa shape index (κ3) is 7.62. The summed E-state index contributed by atoms with van der Waals surface area (Å²) >= 11 is 16.5. The number of nitrogens with two attached hydrogens (primary N) is 1. The van der Waals surface area contributed by atoms with Gasteiger partial charge in [0, 0.05) is 15.1 Å². The number of carbonyl (C=O) groups is 1. The van der Waals surface area contributed by atoms with Crippen molar-refractivity contribution in [2.75, 3.05) is 22.3 Å². The number of amides is 1. The van der Waals surface area contributed by atoms with Gasteiger partial charge in [0.25, 0.3) is 5.95 Å². The van der Waals surface area contributed by atoms with Crippen molar-refractivity contribution < 1.29 is 9.53 Å². The maximum absolute atomic E-state index is 12.3. The molecule has 4 aromatic rings. The molecule has 0 aliphatic heterocycles. The molecule has 0 atom stereocenters. The lowest BCUT2D eigenvalue weighted by atomic mass is 10.2. The number of nitrogens with one attached hydrogen (secondary N) is 2. The Balaban J connectivity index is 1.32. The Labute approximate surface area is 235 Å². The van der Waals surface area contributed by atoms with Crippen LogP contribution in [-0.2, 0) is 11.4 Å². The number of rotatable bonds is 10. The van der Waals surface area contributed by atoms with Gasteiger partial charge in [-0.05, 0) is 48.0 Å². The number of hydrogen-bond acceptors (Lipinski definition) is 8. The molecule has 0 spiro atoms. The van der Waals surface area contributed by atoms with Crippen molar-refractivity contribution in [2.45, 2.75) is 11.8 Å². The van der Waals surface area contributed by atoms with E-state index in [0.29, 0.717) is 33.2 Å². The Morgan fingerprint density at radius 3 is 2.78 bits per heavy atom. The lowest BCUT2D eigenvalue weighted by Gasteiger charge is -2.09. The van der Waals surface area contributed by atoms with Gasteiger partial charge in [0.2, 0.25) is 11.1 Å². The van der Waals surface area contributed by atoms with Crippen LogP contribution in [0.1, 0.15) is 11.1 Å². The zero-order valence-corrected chi connectivity index (χ0v) is 23.0. The Morgan fingerprint density at radius 2 is 1.97 bits per heavy atom. The number of ether oxygens (including phenoxy) is 1. The monoisotopic (exact) mass is 619 g/mol. The molecule has 1 heterocycles. The van der Waals surface area contributed by atoms with Gasteiger partial charge in [-0.25, -0.2) is 10.1 Å². The van der Waals surface area contributed by atoms with Crippen LogP contribution in [0, 0.1) is 0 Å². The smallest absolute Gasteiger partial charge is 0.264 e. The van der Waals surface area contributed by atoms with Crippen molar-refractivity contribution in [2.24, 2.45) is 5.10 Å². The standard InChI is InChI=1S/C24H20BrCl2N7O2S/c25-17-6-3-4-15(10-17)13-36-21-7-2-1-5-16(21)12-29-31-23-32-33-24(34(23)28)37-14-22(35)30-20-9-8-18(26)11-19(20)27/h1-12H,13-14,28H2,(H,30,35)(H,31,32)/b29-12+. The first-order chi connectivity index (χ1) is 17.9. The van der Waals surface area contributed by atoms with E-state index in [1.807, 2.05) is 48.5 Å². The highest BCUT2D eigenvalue weighted by Crippen LogP contribution is 2.26. The average Bonchev–Trinajstić information content (AvgIpc) is 3.23. The molecule has 4 rings (SSSR count). The van der Waals surface area contributed by atoms with E-state index in [1.54, 1.807) is 24.4 Å². The summed E-state index contributed by atoms with van der Waals surface area (Å²) in [6, 6.07) is 20.2. The summed E-state index contributed by atoms with van der Waals surface area (Å²) in [5.74, 6) is 6.68. The van der Waals surface area contributed by atoms with Crippen molar-refractivity contribution in [3.8, 4) is 5.75 Å². The van der Waals surface area contributed by atoms with Gasteiger partial charge in [-0.3, -0.25) is 4.79 Å². The number of anilines is 2. The molecule has 0 radical (unpaired) electrons. The fourth-order valence-electron chi connectivity index (χ4n) is 3.02. The van der Waals surface area contributed by atoms with Gasteiger partial charge in [-0.1, -0.05) is 75.2 Å². The Hall–Kier alpha value is -3.25. The summed E-state index contributed by atoms with van der Waals surface area (Å²) in [7, 11) is 0. The SMILES string of the molecule is Nn1c(N/N=C/c2ccccc2OCc2cccc(Br)c2)nnc1SCC(=O)Nc1ccc(Cl)cc1Cl. The van der Waals surface area contributed by atoms with Crippen molar-refractivity contribution in [1.29, 1.82) is 0 Å². The van der Waals surface area contributed by atoms with Gasteiger partial charge in [0.1, 0.15) is 12.4 Å². The third-order valence-corrected chi connectivity index (χ3v) is 6.76. The van der Waals surface area contributed by atoms with E-state index >= 15 is 0 Å². The fourth-order valence-corrected chi connectivity index (χ4v) is 4.58. The first-order valence-electron chi connectivity index (χ1n) is 10.7. The van der Waals surface area contributed by atoms with Crippen LogP contribution in [0.15, 0.2) is 81.5 Å². The van der Waals surface area contributed by atoms with Gasteiger partial charge in [0.05, 0.1) is 22.7 Å². The van der Waals surface area contributed by atoms with Crippen LogP contribution in [0.5, 0.6) is 5.75 Å². The van der Waals surface area contributed by atoms with E-state index in [0.717, 1.165) is 27.4 Å². The van der Waals surface area contributed by atoms with E-state index in [2.05, 4.69) is 42.0 Å². The van der Waals surface area contributed by atoms with Crippen molar-refractivity contribution in [3.63, 3.8) is 0 Å². The number of hydrazone groups is 1. The highest BCUT2D eigenvalue weighted by atomic mass is 79.9. The summed E-state index contributed by atoms with van der Waals surface area (Å²) in [5, 5.41) is 16.0. The van der Waals surface area contributed by atoms with Gasteiger partial charge >= 0.3 is 0 Å². The van der Waals surface area contributed by atoms with Crippen LogP contribution in [0.3, 0.4) is 0 Å². The highest BCUT2D eigenvalue weighted by molar-refractivity contribution is 9.10. The molecule has 0 bridgehead atoms. The van der Waals surface area contributed by atoms with Gasteiger partial charge in [-0.15, -0.1) is 10.2 Å². The second kappa shape index (κ2) is 12.8. The lowest BCUT2D eigenvalue weighted by Crippen LogP contribution is -2.17. The van der Waals surface area contributed by atoms with E-state index < -0.39 is 0 Å². The van der Waals surface area contributed by atoms with Gasteiger partial charge < -0.3 is 15.9 Å². The normalized spacial score (nSPS) is 11.0. The molecular formula is C24H20BrCl2N7O2S. The summed E-state index contributed by atoms with van der Waals surface area (Å²) in [5.41, 5.74) is 5.02. The fraction of sp³-hybridized carbons (Fsp3) is 0.0833. The molecule has 0 saturated carbocycles. The predicted octanol–water partition coefficient (Wildman–Crippen LogP) is 5.82. The summed E-state index contributed by atoms with van der Waals surface area (Å²) in [6.45, 7) is 0.410. The summed E-state index contributed by atoms with van der Waals surface area (Å²) < 4.78 is 8.16. The lowest BCUT2D eigenvalue weighted by molar-refractivity contribution is -0.113. The predicted molar refractivity (Wildman–Crippen MR) is 152 cm³/mol. The van der Waals surface area contributed by atoms with Crippen molar-refractivity contribution >= 4 is 74.7 Å². The second-order valence-electron chi connectivity index (χ2n) is 7.46. The summed E-state index contributed by atoms with van der Waals surface area (Å²) in [4.78, 5) is 12.3. The molecule has 3 aromatic carbocycles. The van der Waals surface area contributed by atoms with E-state index in [9.17, 15) is 4.79 Å². The van der Waals surface area contributed by atoms with Crippen molar-refractivity contribution in [3.05, 3.63) is 92.4 Å². The van der Waals surface area contributed by atoms with Crippen LogP contribution in [-0.4, -0.2) is 32.7 Å². The largest absolute Gasteiger partial charge is 0.488 e. The van der Waals surface area contributed by atoms with E-state index in [4.69, 9.17) is 33.8 Å². The topological polar surface area (TPSA) is 119 Å². The number of hydrogen-bond donors (Lipinski definition) is 3. The number of halogens is 3. The van der Waals surface area contributed by atoms with Crippen LogP contribution < -0.4 is 21.3 Å². The number of nitrogen functional groups attached to an aromatic ring is 1. The first-order valence-corrected chi connectivity index (χ1v) is 13.3. The maximum atomic E-state index is 12.3.